The second-order valence-corrected chi connectivity index (χ2v) is 8.30. The number of hydrogen-bond donors (Lipinski definition) is 0. The highest BCUT2D eigenvalue weighted by Gasteiger charge is 2.25. The Hall–Kier alpha value is -0.980. The van der Waals surface area contributed by atoms with Gasteiger partial charge in [0, 0.05) is 5.69 Å². The van der Waals surface area contributed by atoms with Gasteiger partial charge in [-0.1, -0.05) is 70.9 Å². The minimum absolute atomic E-state index is 0.206. The maximum absolute atomic E-state index is 12.5. The summed E-state index contributed by atoms with van der Waals surface area (Å²) in [6.45, 7) is 6.46. The highest BCUT2D eigenvalue weighted by atomic mass is 79.9. The number of aryl methyl sites for hydroxylation is 1. The summed E-state index contributed by atoms with van der Waals surface area (Å²) in [5.74, 6) is 0.0920. The summed E-state index contributed by atoms with van der Waals surface area (Å²) in [4.78, 5) is 14.2. The van der Waals surface area contributed by atoms with Gasteiger partial charge < -0.3 is 4.90 Å². The predicted molar refractivity (Wildman–Crippen MR) is 94.9 cm³/mol. The molecule has 0 N–H and O–H groups in total. The van der Waals surface area contributed by atoms with Gasteiger partial charge in [0.1, 0.15) is 10.0 Å². The van der Waals surface area contributed by atoms with Gasteiger partial charge in [-0.25, -0.2) is 0 Å². The van der Waals surface area contributed by atoms with Crippen molar-refractivity contribution in [2.75, 3.05) is 4.90 Å². The topological polar surface area (TPSA) is 46.1 Å². The van der Waals surface area contributed by atoms with Crippen molar-refractivity contribution >= 4 is 50.5 Å². The van der Waals surface area contributed by atoms with Crippen molar-refractivity contribution in [2.24, 2.45) is 0 Å². The van der Waals surface area contributed by atoms with Gasteiger partial charge in [0.2, 0.25) is 0 Å². The average Bonchev–Trinajstić information content (AvgIpc) is 2.89. The molecule has 1 atom stereocenters. The Kier molecular flexibility index (Phi) is 5.94. The Labute approximate surface area is 147 Å². The number of nitrogens with zero attached hydrogens (tertiary/aromatic N) is 3. The van der Waals surface area contributed by atoms with Crippen LogP contribution in [0.2, 0.25) is 0 Å². The third kappa shape index (κ3) is 4.06. The van der Waals surface area contributed by atoms with Crippen LogP contribution in [0.15, 0.2) is 24.3 Å². The van der Waals surface area contributed by atoms with Gasteiger partial charge in [0.05, 0.1) is 6.54 Å². The molecule has 0 saturated carbocycles. The van der Waals surface area contributed by atoms with Gasteiger partial charge in [-0.2, -0.15) is 0 Å². The molecule has 7 heteroatoms. The summed E-state index contributed by atoms with van der Waals surface area (Å²) in [5, 5.41) is 9.79. The van der Waals surface area contributed by atoms with Crippen LogP contribution in [0.1, 0.15) is 35.3 Å². The zero-order valence-electron chi connectivity index (χ0n) is 12.6. The average molecular weight is 403 g/mol. The molecule has 1 heterocycles. The number of benzene rings is 1. The third-order valence-corrected chi connectivity index (χ3v) is 4.57. The quantitative estimate of drug-likeness (QED) is 0.694. The number of hydrogen-bond acceptors (Lipinski definition) is 4. The number of anilines is 1. The molecule has 1 aromatic heterocycles. The summed E-state index contributed by atoms with van der Waals surface area (Å²) in [6.07, 6.45) is 0. The first kappa shape index (κ1) is 17.4. The fourth-order valence-electron chi connectivity index (χ4n) is 2.16. The molecule has 2 aromatic rings. The SMILES string of the molecule is Cc1nnc(CN(C(=O)C(Cl)Br)c2ccccc2C(C)C)s1. The standard InChI is InChI=1S/C15H17BrClN3OS/c1-9(2)11-6-4-5-7-12(11)20(15(21)14(16)17)8-13-19-18-10(3)22-13/h4-7,9,14H,8H2,1-3H3. The van der Waals surface area contributed by atoms with Crippen LogP contribution in [0.3, 0.4) is 0 Å². The Morgan fingerprint density at radius 1 is 1.36 bits per heavy atom. The van der Waals surface area contributed by atoms with Gasteiger partial charge in [-0.15, -0.1) is 10.2 Å². The Morgan fingerprint density at radius 3 is 2.59 bits per heavy atom. The molecule has 0 spiro atoms. The molecule has 0 aliphatic rings. The van der Waals surface area contributed by atoms with E-state index in [2.05, 4.69) is 40.0 Å². The zero-order valence-corrected chi connectivity index (χ0v) is 15.7. The smallest absolute Gasteiger partial charge is 0.256 e. The summed E-state index contributed by atoms with van der Waals surface area (Å²) in [5.41, 5.74) is 1.96. The lowest BCUT2D eigenvalue weighted by Gasteiger charge is -2.26. The van der Waals surface area contributed by atoms with E-state index < -0.39 is 4.29 Å². The lowest BCUT2D eigenvalue weighted by atomic mass is 10.0. The van der Waals surface area contributed by atoms with Crippen LogP contribution < -0.4 is 4.90 Å². The van der Waals surface area contributed by atoms with Crippen LogP contribution in [-0.2, 0) is 11.3 Å². The van der Waals surface area contributed by atoms with Crippen molar-refractivity contribution in [3.63, 3.8) is 0 Å². The van der Waals surface area contributed by atoms with E-state index in [9.17, 15) is 4.79 Å². The molecule has 1 unspecified atom stereocenters. The van der Waals surface area contributed by atoms with Crippen molar-refractivity contribution in [1.29, 1.82) is 0 Å². The van der Waals surface area contributed by atoms with Gasteiger partial charge >= 0.3 is 0 Å². The normalized spacial score (nSPS) is 12.5. The first-order chi connectivity index (χ1) is 10.4. The van der Waals surface area contributed by atoms with Crippen LogP contribution in [0.4, 0.5) is 5.69 Å². The number of halogens is 2. The van der Waals surface area contributed by atoms with Gasteiger partial charge in [0.25, 0.3) is 5.91 Å². The van der Waals surface area contributed by atoms with E-state index in [-0.39, 0.29) is 5.91 Å². The van der Waals surface area contributed by atoms with Crippen molar-refractivity contribution < 1.29 is 4.79 Å². The number of alkyl halides is 2. The number of rotatable bonds is 5. The van der Waals surface area contributed by atoms with E-state index >= 15 is 0 Å². The van der Waals surface area contributed by atoms with Crippen molar-refractivity contribution in [1.82, 2.24) is 10.2 Å². The van der Waals surface area contributed by atoms with E-state index in [1.165, 1.54) is 11.3 Å². The molecule has 22 heavy (non-hydrogen) atoms. The number of carbonyl (C=O) groups excluding carboxylic acids is 1. The maximum atomic E-state index is 12.5. The molecule has 2 rings (SSSR count). The molecule has 0 aliphatic carbocycles. The van der Waals surface area contributed by atoms with Crippen LogP contribution in [0, 0.1) is 6.92 Å². The van der Waals surface area contributed by atoms with Gasteiger partial charge in [0.15, 0.2) is 4.29 Å². The van der Waals surface area contributed by atoms with Crippen molar-refractivity contribution in [2.45, 2.75) is 37.5 Å². The van der Waals surface area contributed by atoms with E-state index in [0.29, 0.717) is 12.5 Å². The highest BCUT2D eigenvalue weighted by molar-refractivity contribution is 9.10. The van der Waals surface area contributed by atoms with Crippen LogP contribution in [0.25, 0.3) is 0 Å². The molecule has 0 fully saturated rings. The summed E-state index contributed by atoms with van der Waals surface area (Å²) < 4.78 is -0.776. The second-order valence-electron chi connectivity index (χ2n) is 5.15. The van der Waals surface area contributed by atoms with Crippen LogP contribution in [-0.4, -0.2) is 20.4 Å². The molecule has 1 aromatic carbocycles. The lowest BCUT2D eigenvalue weighted by Crippen LogP contribution is -2.35. The largest absolute Gasteiger partial charge is 0.303 e. The number of amides is 1. The molecule has 0 radical (unpaired) electrons. The van der Waals surface area contributed by atoms with E-state index in [1.807, 2.05) is 31.2 Å². The lowest BCUT2D eigenvalue weighted by molar-refractivity contribution is -0.116. The van der Waals surface area contributed by atoms with Crippen LogP contribution in [0.5, 0.6) is 0 Å². The van der Waals surface area contributed by atoms with E-state index in [0.717, 1.165) is 21.3 Å². The van der Waals surface area contributed by atoms with E-state index in [1.54, 1.807) is 4.90 Å². The minimum Gasteiger partial charge on any atom is -0.303 e. The van der Waals surface area contributed by atoms with Gasteiger partial charge in [-0.05, 0) is 24.5 Å². The van der Waals surface area contributed by atoms with Crippen LogP contribution >= 0.6 is 38.9 Å². The Morgan fingerprint density at radius 2 is 2.05 bits per heavy atom. The molecule has 118 valence electrons. The summed E-state index contributed by atoms with van der Waals surface area (Å²) in [6, 6.07) is 7.86. The van der Waals surface area contributed by atoms with Gasteiger partial charge in [-0.3, -0.25) is 4.79 Å². The summed E-state index contributed by atoms with van der Waals surface area (Å²) in [7, 11) is 0. The van der Waals surface area contributed by atoms with Crippen molar-refractivity contribution in [3.8, 4) is 0 Å². The predicted octanol–water partition coefficient (Wildman–Crippen LogP) is 4.46. The number of aromatic nitrogens is 2. The number of para-hydroxylation sites is 1. The number of carbonyl (C=O) groups is 1. The van der Waals surface area contributed by atoms with E-state index in [4.69, 9.17) is 11.6 Å². The molecule has 4 nitrogen and oxygen atoms in total. The molecule has 1 amide bonds. The third-order valence-electron chi connectivity index (χ3n) is 3.16. The Bertz CT molecular complexity index is 660. The monoisotopic (exact) mass is 401 g/mol. The molecular weight excluding hydrogens is 386 g/mol. The molecular formula is C15H17BrClN3OS. The molecule has 0 saturated heterocycles. The Balaban J connectivity index is 2.42. The maximum Gasteiger partial charge on any atom is 0.256 e. The first-order valence-electron chi connectivity index (χ1n) is 6.87. The second kappa shape index (κ2) is 7.53. The first-order valence-corrected chi connectivity index (χ1v) is 9.04. The fraction of sp³-hybridized carbons (Fsp3) is 0.400. The van der Waals surface area contributed by atoms with Crippen molar-refractivity contribution in [3.05, 3.63) is 39.8 Å². The highest BCUT2D eigenvalue weighted by Crippen LogP contribution is 2.30. The molecule has 0 bridgehead atoms. The minimum atomic E-state index is -0.776. The molecule has 0 aliphatic heterocycles. The zero-order chi connectivity index (χ0) is 16.3. The fourth-order valence-corrected chi connectivity index (χ4v) is 3.22. The summed E-state index contributed by atoms with van der Waals surface area (Å²) >= 11 is 10.6.